The first-order valence-corrected chi connectivity index (χ1v) is 6.49. The molecule has 0 aliphatic rings. The van der Waals surface area contributed by atoms with Gasteiger partial charge in [0.1, 0.15) is 11.5 Å². The van der Waals surface area contributed by atoms with E-state index in [0.717, 1.165) is 11.1 Å². The molecule has 2 aromatic carbocycles. The van der Waals surface area contributed by atoms with Gasteiger partial charge < -0.3 is 9.31 Å². The summed E-state index contributed by atoms with van der Waals surface area (Å²) in [5, 5.41) is 1.42. The van der Waals surface area contributed by atoms with Crippen molar-refractivity contribution in [1.29, 1.82) is 0 Å². The molecule has 19 heavy (non-hydrogen) atoms. The van der Waals surface area contributed by atoms with Gasteiger partial charge in [-0.2, -0.15) is 0 Å². The second-order valence-electron chi connectivity index (χ2n) is 4.15. The lowest BCUT2D eigenvalue weighted by Gasteiger charge is -2.08. The first-order valence-electron chi connectivity index (χ1n) is 5.73. The van der Waals surface area contributed by atoms with Crippen molar-refractivity contribution >= 4 is 30.9 Å². The molecule has 0 aliphatic carbocycles. The van der Waals surface area contributed by atoms with Crippen LogP contribution < -0.4 is 9.31 Å². The minimum Gasteiger partial charge on any atom is -0.526 e. The van der Waals surface area contributed by atoms with Crippen molar-refractivity contribution in [3.63, 3.8) is 0 Å². The van der Waals surface area contributed by atoms with Crippen molar-refractivity contribution < 1.29 is 9.31 Å². The minimum absolute atomic E-state index is 0.674. The molecule has 97 valence electrons. The van der Waals surface area contributed by atoms with Gasteiger partial charge in [-0.25, -0.2) is 0 Å². The summed E-state index contributed by atoms with van der Waals surface area (Å²) in [7, 11) is 1.28. The molecule has 0 amide bonds. The lowest BCUT2D eigenvalue weighted by Crippen LogP contribution is -2.11. The molecule has 0 heterocycles. The number of rotatable bonds is 4. The molecule has 0 spiro atoms. The monoisotopic (exact) mass is 293 g/mol. The number of halogens is 2. The lowest BCUT2D eigenvalue weighted by molar-refractivity contribution is 0.458. The standard InChI is InChI=1S/C14H12BCl2O2/c1-9-7-11(3-5-13(9)16)18-15-19-12-4-6-14(17)10(2)8-12/h3-8H,1-2H3. The molecule has 0 saturated heterocycles. The predicted octanol–water partition coefficient (Wildman–Crippen LogP) is 4.60. The molecule has 2 aromatic rings. The van der Waals surface area contributed by atoms with E-state index in [4.69, 9.17) is 32.5 Å². The third-order valence-electron chi connectivity index (χ3n) is 2.63. The quantitative estimate of drug-likeness (QED) is 0.767. The van der Waals surface area contributed by atoms with E-state index in [1.807, 2.05) is 26.0 Å². The molecule has 2 nitrogen and oxygen atoms in total. The topological polar surface area (TPSA) is 18.5 Å². The van der Waals surface area contributed by atoms with Crippen molar-refractivity contribution in [2.75, 3.05) is 0 Å². The van der Waals surface area contributed by atoms with Gasteiger partial charge in [0, 0.05) is 10.0 Å². The van der Waals surface area contributed by atoms with Crippen molar-refractivity contribution in [3.05, 3.63) is 57.6 Å². The highest BCUT2D eigenvalue weighted by molar-refractivity contribution is 6.31. The van der Waals surface area contributed by atoms with Gasteiger partial charge in [-0.15, -0.1) is 0 Å². The highest BCUT2D eigenvalue weighted by atomic mass is 35.5. The number of hydrogen-bond acceptors (Lipinski definition) is 2. The van der Waals surface area contributed by atoms with Crippen LogP contribution >= 0.6 is 23.2 Å². The van der Waals surface area contributed by atoms with Gasteiger partial charge in [-0.05, 0) is 61.4 Å². The Labute approximate surface area is 123 Å². The van der Waals surface area contributed by atoms with Crippen molar-refractivity contribution in [3.8, 4) is 11.5 Å². The van der Waals surface area contributed by atoms with Crippen LogP contribution in [0.3, 0.4) is 0 Å². The zero-order valence-electron chi connectivity index (χ0n) is 10.6. The fraction of sp³-hybridized carbons (Fsp3) is 0.143. The molecule has 0 atom stereocenters. The highest BCUT2D eigenvalue weighted by Crippen LogP contribution is 2.22. The Morgan fingerprint density at radius 3 is 1.58 bits per heavy atom. The van der Waals surface area contributed by atoms with Gasteiger partial charge in [-0.3, -0.25) is 0 Å². The molecule has 0 N–H and O–H groups in total. The molecular formula is C14H12BCl2O2. The predicted molar refractivity (Wildman–Crippen MR) is 79.4 cm³/mol. The van der Waals surface area contributed by atoms with Crippen LogP contribution in [0.5, 0.6) is 11.5 Å². The average Bonchev–Trinajstić information content (AvgIpc) is 2.38. The van der Waals surface area contributed by atoms with Crippen LogP contribution in [0.4, 0.5) is 0 Å². The molecule has 0 aliphatic heterocycles. The minimum atomic E-state index is 0.674. The van der Waals surface area contributed by atoms with Crippen LogP contribution in [0.25, 0.3) is 0 Å². The maximum Gasteiger partial charge on any atom is 0.658 e. The third-order valence-corrected chi connectivity index (χ3v) is 3.48. The van der Waals surface area contributed by atoms with Crippen LogP contribution in [-0.2, 0) is 0 Å². The Morgan fingerprint density at radius 1 is 0.789 bits per heavy atom. The summed E-state index contributed by atoms with van der Waals surface area (Å²) in [6.07, 6.45) is 0. The fourth-order valence-corrected chi connectivity index (χ4v) is 1.75. The molecular weight excluding hydrogens is 282 g/mol. The van der Waals surface area contributed by atoms with Crippen molar-refractivity contribution in [2.24, 2.45) is 0 Å². The average molecular weight is 294 g/mol. The maximum absolute atomic E-state index is 5.93. The Kier molecular flexibility index (Phi) is 4.62. The Balaban J connectivity index is 1.92. The summed E-state index contributed by atoms with van der Waals surface area (Å²) in [6, 6.07) is 10.8. The van der Waals surface area contributed by atoms with Crippen LogP contribution in [0.15, 0.2) is 36.4 Å². The van der Waals surface area contributed by atoms with Gasteiger partial charge >= 0.3 is 7.69 Å². The molecule has 0 fully saturated rings. The second-order valence-corrected chi connectivity index (χ2v) is 4.97. The third kappa shape index (κ3) is 3.82. The van der Waals surface area contributed by atoms with E-state index in [-0.39, 0.29) is 0 Å². The van der Waals surface area contributed by atoms with Crippen LogP contribution in [0.1, 0.15) is 11.1 Å². The van der Waals surface area contributed by atoms with Gasteiger partial charge in [0.15, 0.2) is 0 Å². The van der Waals surface area contributed by atoms with Crippen LogP contribution in [-0.4, -0.2) is 7.69 Å². The van der Waals surface area contributed by atoms with Crippen molar-refractivity contribution in [2.45, 2.75) is 13.8 Å². The molecule has 0 aromatic heterocycles. The zero-order valence-corrected chi connectivity index (χ0v) is 12.1. The molecule has 1 radical (unpaired) electrons. The maximum atomic E-state index is 5.93. The Hall–Kier alpha value is -1.32. The summed E-state index contributed by atoms with van der Waals surface area (Å²) in [5.74, 6) is 1.35. The normalized spacial score (nSPS) is 10.1. The lowest BCUT2D eigenvalue weighted by atomic mass is 10.2. The van der Waals surface area contributed by atoms with E-state index < -0.39 is 0 Å². The molecule has 0 saturated carbocycles. The van der Waals surface area contributed by atoms with Gasteiger partial charge in [0.05, 0.1) is 0 Å². The summed E-state index contributed by atoms with van der Waals surface area (Å²) in [5.41, 5.74) is 1.91. The number of hydrogen-bond donors (Lipinski definition) is 0. The van der Waals surface area contributed by atoms with E-state index in [2.05, 4.69) is 0 Å². The van der Waals surface area contributed by atoms with E-state index in [0.29, 0.717) is 21.5 Å². The molecule has 0 bridgehead atoms. The van der Waals surface area contributed by atoms with Gasteiger partial charge in [0.25, 0.3) is 0 Å². The summed E-state index contributed by atoms with van der Waals surface area (Å²) < 4.78 is 10.8. The first-order chi connectivity index (χ1) is 9.06. The van der Waals surface area contributed by atoms with Gasteiger partial charge in [0.2, 0.25) is 0 Å². The summed E-state index contributed by atoms with van der Waals surface area (Å²) >= 11 is 11.9. The molecule has 0 unspecified atom stereocenters. The molecule has 5 heteroatoms. The first kappa shape index (κ1) is 14.1. The van der Waals surface area contributed by atoms with Crippen LogP contribution in [0, 0.1) is 13.8 Å². The van der Waals surface area contributed by atoms with E-state index in [1.165, 1.54) is 7.69 Å². The van der Waals surface area contributed by atoms with E-state index >= 15 is 0 Å². The van der Waals surface area contributed by atoms with Gasteiger partial charge in [-0.1, -0.05) is 23.2 Å². The smallest absolute Gasteiger partial charge is 0.526 e. The summed E-state index contributed by atoms with van der Waals surface area (Å²) in [6.45, 7) is 3.83. The summed E-state index contributed by atoms with van der Waals surface area (Å²) in [4.78, 5) is 0. The fourth-order valence-electron chi connectivity index (χ4n) is 1.52. The Bertz CT molecular complexity index is 536. The van der Waals surface area contributed by atoms with E-state index in [1.54, 1.807) is 24.3 Å². The Morgan fingerprint density at radius 2 is 1.21 bits per heavy atom. The van der Waals surface area contributed by atoms with Crippen molar-refractivity contribution in [1.82, 2.24) is 0 Å². The largest absolute Gasteiger partial charge is 0.658 e. The van der Waals surface area contributed by atoms with E-state index in [9.17, 15) is 0 Å². The number of aryl methyl sites for hydroxylation is 2. The number of benzene rings is 2. The van der Waals surface area contributed by atoms with Crippen LogP contribution in [0.2, 0.25) is 10.0 Å². The second kappa shape index (κ2) is 6.22. The SMILES string of the molecule is Cc1cc(O[B]Oc2ccc(Cl)c(C)c2)ccc1Cl. The molecule has 2 rings (SSSR count). The zero-order chi connectivity index (χ0) is 13.8. The highest BCUT2D eigenvalue weighted by Gasteiger charge is 2.04.